The zero-order chi connectivity index (χ0) is 10.4. The van der Waals surface area contributed by atoms with Crippen molar-refractivity contribution in [2.75, 3.05) is 26.2 Å². The Hall–Kier alpha value is -0.0500. The first-order chi connectivity index (χ1) is 6.72. The highest BCUT2D eigenvalue weighted by molar-refractivity contribution is 6.29. The summed E-state index contributed by atoms with van der Waals surface area (Å²) in [4.78, 5) is 2.51. The van der Waals surface area contributed by atoms with E-state index in [-0.39, 0.29) is 0 Å². The van der Waals surface area contributed by atoms with Crippen molar-refractivity contribution in [3.05, 3.63) is 11.6 Å². The SMILES string of the molecule is C=C(Cl)CNC1CCCN(CC)CC1. The normalized spacial score (nSPS) is 24.6. The van der Waals surface area contributed by atoms with Gasteiger partial charge in [0.2, 0.25) is 0 Å². The standard InChI is InChI=1S/C11H21ClN2/c1-3-14-7-4-5-11(6-8-14)13-9-10(2)12/h11,13H,2-9H2,1H3. The molecule has 0 aromatic rings. The number of halogens is 1. The third kappa shape index (κ3) is 4.45. The lowest BCUT2D eigenvalue weighted by Gasteiger charge is -2.18. The fourth-order valence-electron chi connectivity index (χ4n) is 1.93. The molecule has 1 saturated heterocycles. The molecule has 0 aromatic carbocycles. The van der Waals surface area contributed by atoms with Gasteiger partial charge in [0.15, 0.2) is 0 Å². The summed E-state index contributed by atoms with van der Waals surface area (Å²) in [6.45, 7) is 10.3. The maximum absolute atomic E-state index is 5.73. The molecule has 0 saturated carbocycles. The predicted octanol–water partition coefficient (Wildman–Crippen LogP) is 2.20. The van der Waals surface area contributed by atoms with Crippen LogP contribution in [0.5, 0.6) is 0 Å². The molecule has 82 valence electrons. The Bertz CT molecular complexity index is 182. The maximum atomic E-state index is 5.73. The summed E-state index contributed by atoms with van der Waals surface area (Å²) in [5.41, 5.74) is 0. The van der Waals surface area contributed by atoms with E-state index in [1.54, 1.807) is 0 Å². The maximum Gasteiger partial charge on any atom is 0.0310 e. The molecule has 0 bridgehead atoms. The summed E-state index contributed by atoms with van der Waals surface area (Å²) in [6, 6.07) is 0.627. The van der Waals surface area contributed by atoms with Crippen LogP contribution < -0.4 is 5.32 Å². The van der Waals surface area contributed by atoms with Crippen molar-refractivity contribution >= 4 is 11.6 Å². The summed E-state index contributed by atoms with van der Waals surface area (Å²) in [5, 5.41) is 4.16. The van der Waals surface area contributed by atoms with Crippen molar-refractivity contribution in [2.45, 2.75) is 32.2 Å². The van der Waals surface area contributed by atoms with E-state index in [2.05, 4.69) is 23.7 Å². The van der Waals surface area contributed by atoms with E-state index in [1.807, 2.05) is 0 Å². The largest absolute Gasteiger partial charge is 0.309 e. The molecular weight excluding hydrogens is 196 g/mol. The molecule has 1 heterocycles. The second kappa shape index (κ2) is 6.44. The van der Waals surface area contributed by atoms with Crippen molar-refractivity contribution in [3.8, 4) is 0 Å². The quantitative estimate of drug-likeness (QED) is 0.775. The molecule has 0 radical (unpaired) electrons. The highest BCUT2D eigenvalue weighted by atomic mass is 35.5. The lowest BCUT2D eigenvalue weighted by atomic mass is 10.1. The molecule has 3 heteroatoms. The van der Waals surface area contributed by atoms with Crippen LogP contribution in [0.3, 0.4) is 0 Å². The Balaban J connectivity index is 2.23. The molecule has 1 fully saturated rings. The van der Waals surface area contributed by atoms with E-state index < -0.39 is 0 Å². The predicted molar refractivity (Wildman–Crippen MR) is 62.7 cm³/mol. The van der Waals surface area contributed by atoms with E-state index in [9.17, 15) is 0 Å². The minimum absolute atomic E-state index is 0.627. The number of nitrogens with zero attached hydrogens (tertiary/aromatic N) is 1. The first-order valence-electron chi connectivity index (χ1n) is 5.51. The van der Waals surface area contributed by atoms with Gasteiger partial charge in [-0.15, -0.1) is 0 Å². The van der Waals surface area contributed by atoms with Crippen molar-refractivity contribution in [3.63, 3.8) is 0 Å². The van der Waals surface area contributed by atoms with E-state index in [0.717, 1.165) is 6.54 Å². The van der Waals surface area contributed by atoms with Crippen LogP contribution in [0.15, 0.2) is 11.6 Å². The minimum Gasteiger partial charge on any atom is -0.309 e. The van der Waals surface area contributed by atoms with Gasteiger partial charge in [-0.1, -0.05) is 25.1 Å². The van der Waals surface area contributed by atoms with Crippen molar-refractivity contribution in [1.29, 1.82) is 0 Å². The summed E-state index contributed by atoms with van der Waals surface area (Å²) in [5.74, 6) is 0. The van der Waals surface area contributed by atoms with Crippen LogP contribution in [-0.4, -0.2) is 37.1 Å². The second-order valence-electron chi connectivity index (χ2n) is 3.96. The highest BCUT2D eigenvalue weighted by Gasteiger charge is 2.14. The van der Waals surface area contributed by atoms with Gasteiger partial charge in [-0.2, -0.15) is 0 Å². The van der Waals surface area contributed by atoms with E-state index in [4.69, 9.17) is 11.6 Å². The Kier molecular flexibility index (Phi) is 5.53. The molecule has 1 aliphatic rings. The van der Waals surface area contributed by atoms with Crippen molar-refractivity contribution < 1.29 is 0 Å². The highest BCUT2D eigenvalue weighted by Crippen LogP contribution is 2.11. The summed E-state index contributed by atoms with van der Waals surface area (Å²) < 4.78 is 0. The summed E-state index contributed by atoms with van der Waals surface area (Å²) in [6.07, 6.45) is 3.79. The Morgan fingerprint density at radius 2 is 2.29 bits per heavy atom. The zero-order valence-corrected chi connectivity index (χ0v) is 9.82. The Morgan fingerprint density at radius 1 is 1.50 bits per heavy atom. The molecule has 0 spiro atoms. The first kappa shape index (κ1) is 12.0. The number of nitrogens with one attached hydrogen (secondary N) is 1. The van der Waals surface area contributed by atoms with Crippen LogP contribution in [0.4, 0.5) is 0 Å². The number of likely N-dealkylation sites (tertiary alicyclic amines) is 1. The average Bonchev–Trinajstić information content (AvgIpc) is 2.39. The van der Waals surface area contributed by atoms with Crippen LogP contribution in [0, 0.1) is 0 Å². The van der Waals surface area contributed by atoms with Gasteiger partial charge >= 0.3 is 0 Å². The molecule has 1 aliphatic heterocycles. The molecule has 0 aromatic heterocycles. The number of hydrogen-bond donors (Lipinski definition) is 1. The average molecular weight is 217 g/mol. The molecule has 1 unspecified atom stereocenters. The molecule has 0 aliphatic carbocycles. The van der Waals surface area contributed by atoms with Crippen LogP contribution in [0.25, 0.3) is 0 Å². The molecule has 1 rings (SSSR count). The van der Waals surface area contributed by atoms with Gasteiger partial charge in [0.05, 0.1) is 0 Å². The summed E-state index contributed by atoms with van der Waals surface area (Å²) >= 11 is 5.73. The topological polar surface area (TPSA) is 15.3 Å². The van der Waals surface area contributed by atoms with Gasteiger partial charge in [-0.05, 0) is 38.9 Å². The van der Waals surface area contributed by atoms with Crippen LogP contribution in [-0.2, 0) is 0 Å². The first-order valence-corrected chi connectivity index (χ1v) is 5.89. The van der Waals surface area contributed by atoms with Gasteiger partial charge in [-0.3, -0.25) is 0 Å². The lowest BCUT2D eigenvalue weighted by molar-refractivity contribution is 0.297. The lowest BCUT2D eigenvalue weighted by Crippen LogP contribution is -2.31. The monoisotopic (exact) mass is 216 g/mol. The van der Waals surface area contributed by atoms with Crippen molar-refractivity contribution in [2.24, 2.45) is 0 Å². The van der Waals surface area contributed by atoms with Crippen LogP contribution in [0.2, 0.25) is 0 Å². The molecular formula is C11H21ClN2. The van der Waals surface area contributed by atoms with Gasteiger partial charge in [0.1, 0.15) is 0 Å². The number of hydrogen-bond acceptors (Lipinski definition) is 2. The molecule has 1 atom stereocenters. The van der Waals surface area contributed by atoms with Gasteiger partial charge in [0.25, 0.3) is 0 Å². The second-order valence-corrected chi connectivity index (χ2v) is 4.49. The van der Waals surface area contributed by atoms with E-state index in [1.165, 1.54) is 38.9 Å². The Labute approximate surface area is 92.3 Å². The smallest absolute Gasteiger partial charge is 0.0310 e. The summed E-state index contributed by atoms with van der Waals surface area (Å²) in [7, 11) is 0. The van der Waals surface area contributed by atoms with Gasteiger partial charge < -0.3 is 10.2 Å². The van der Waals surface area contributed by atoms with E-state index >= 15 is 0 Å². The van der Waals surface area contributed by atoms with E-state index in [0.29, 0.717) is 11.1 Å². The molecule has 1 N–H and O–H groups in total. The fraction of sp³-hybridized carbons (Fsp3) is 0.818. The van der Waals surface area contributed by atoms with Crippen LogP contribution >= 0.6 is 11.6 Å². The number of rotatable bonds is 4. The minimum atomic E-state index is 0.627. The Morgan fingerprint density at radius 3 is 2.93 bits per heavy atom. The van der Waals surface area contributed by atoms with Gasteiger partial charge in [0, 0.05) is 17.6 Å². The van der Waals surface area contributed by atoms with Crippen LogP contribution in [0.1, 0.15) is 26.2 Å². The zero-order valence-electron chi connectivity index (χ0n) is 9.06. The van der Waals surface area contributed by atoms with Gasteiger partial charge in [-0.25, -0.2) is 0 Å². The third-order valence-corrected chi connectivity index (χ3v) is 2.98. The molecule has 0 amide bonds. The molecule has 14 heavy (non-hydrogen) atoms. The third-order valence-electron chi connectivity index (χ3n) is 2.85. The molecule has 2 nitrogen and oxygen atoms in total. The van der Waals surface area contributed by atoms with Crippen molar-refractivity contribution in [1.82, 2.24) is 10.2 Å². The fourth-order valence-corrected chi connectivity index (χ4v) is 2.01.